The fraction of sp³-hybridized carbons (Fsp3) is 0.636. The van der Waals surface area contributed by atoms with Crippen molar-refractivity contribution in [1.82, 2.24) is 0 Å². The predicted octanol–water partition coefficient (Wildman–Crippen LogP) is 3.91. The van der Waals surface area contributed by atoms with E-state index < -0.39 is 26.2 Å². The summed E-state index contributed by atoms with van der Waals surface area (Å²) in [6, 6.07) is 7.00. The van der Waals surface area contributed by atoms with E-state index in [1.165, 1.54) is 4.31 Å². The fourth-order valence-corrected chi connectivity index (χ4v) is 6.29. The molecule has 31 heavy (non-hydrogen) atoms. The Morgan fingerprint density at radius 3 is 2.55 bits per heavy atom. The molecule has 7 nitrogen and oxygen atoms in total. The summed E-state index contributed by atoms with van der Waals surface area (Å²) in [5.74, 6) is 0.0768. The second-order valence-electron chi connectivity index (χ2n) is 7.94. The number of nitrogens with zero attached hydrogens (tertiary/aromatic N) is 1. The molecule has 176 valence electrons. The Bertz CT molecular complexity index is 910. The largest absolute Gasteiger partial charge is 0.388 e. The van der Waals surface area contributed by atoms with Crippen LogP contribution < -0.4 is 4.31 Å². The highest BCUT2D eigenvalue weighted by Gasteiger charge is 2.36. The van der Waals surface area contributed by atoms with E-state index in [9.17, 15) is 21.9 Å². The molecule has 0 radical (unpaired) electrons. The molecule has 1 saturated heterocycles. The number of aliphatic hydroxyl groups excluding tert-OH is 1. The molecule has 0 aromatic heterocycles. The average Bonchev–Trinajstić information content (AvgIpc) is 3.04. The molecule has 1 fully saturated rings. The minimum Gasteiger partial charge on any atom is -0.388 e. The van der Waals surface area contributed by atoms with Crippen molar-refractivity contribution in [2.24, 2.45) is 0 Å². The summed E-state index contributed by atoms with van der Waals surface area (Å²) in [5, 5.41) is 10.3. The van der Waals surface area contributed by atoms with Crippen molar-refractivity contribution < 1.29 is 26.1 Å². The van der Waals surface area contributed by atoms with Gasteiger partial charge in [0.15, 0.2) is 0 Å². The van der Waals surface area contributed by atoms with E-state index in [0.29, 0.717) is 37.8 Å². The summed E-state index contributed by atoms with van der Waals surface area (Å²) >= 11 is 0. The van der Waals surface area contributed by atoms with Crippen LogP contribution in [-0.4, -0.2) is 46.6 Å². The molecule has 1 aromatic rings. The third kappa shape index (κ3) is 7.89. The lowest BCUT2D eigenvalue weighted by Crippen LogP contribution is -2.32. The second-order valence-corrected chi connectivity index (χ2v) is 11.8. The first-order valence-electron chi connectivity index (χ1n) is 10.9. The van der Waals surface area contributed by atoms with Gasteiger partial charge in [0.2, 0.25) is 10.0 Å². The van der Waals surface area contributed by atoms with Crippen LogP contribution in [0.25, 0.3) is 0 Å². The van der Waals surface area contributed by atoms with Gasteiger partial charge in [-0.1, -0.05) is 50.5 Å². The van der Waals surface area contributed by atoms with Gasteiger partial charge < -0.3 is 5.11 Å². The van der Waals surface area contributed by atoms with Crippen LogP contribution >= 0.6 is 0 Å². The number of aliphatic hydroxyl groups is 1. The average molecular weight is 474 g/mol. The lowest BCUT2D eigenvalue weighted by molar-refractivity contribution is 0.163. The molecular formula is C22H35NO6S2. The second kappa shape index (κ2) is 12.0. The maximum absolute atomic E-state index is 12.6. The van der Waals surface area contributed by atoms with Gasteiger partial charge in [0, 0.05) is 6.04 Å². The molecule has 1 aliphatic rings. The van der Waals surface area contributed by atoms with E-state index in [4.69, 9.17) is 0 Å². The quantitative estimate of drug-likeness (QED) is 0.265. The molecule has 1 aromatic carbocycles. The highest BCUT2D eigenvalue weighted by Crippen LogP contribution is 2.32. The summed E-state index contributed by atoms with van der Waals surface area (Å²) in [4.78, 5) is 0. The van der Waals surface area contributed by atoms with Gasteiger partial charge >= 0.3 is 0 Å². The number of benzene rings is 1. The van der Waals surface area contributed by atoms with Crippen molar-refractivity contribution in [1.29, 1.82) is 0 Å². The summed E-state index contributed by atoms with van der Waals surface area (Å²) in [6.45, 7) is 2.12. The Morgan fingerprint density at radius 2 is 1.90 bits per heavy atom. The summed E-state index contributed by atoms with van der Waals surface area (Å²) < 4.78 is 53.8. The number of rotatable bonds is 13. The Labute approximate surface area is 187 Å². The molecule has 0 spiro atoms. The number of unbranched alkanes of at least 4 members (excludes halogenated alkanes) is 3. The van der Waals surface area contributed by atoms with E-state index in [0.717, 1.165) is 31.9 Å². The van der Waals surface area contributed by atoms with E-state index in [1.807, 2.05) is 24.3 Å². The number of sulfonamides is 1. The van der Waals surface area contributed by atoms with Crippen LogP contribution in [0.2, 0.25) is 0 Å². The molecular weight excluding hydrogens is 438 g/mol. The van der Waals surface area contributed by atoms with Crippen molar-refractivity contribution in [3.8, 4) is 0 Å². The SMILES string of the molecule is CCCCCC(O)c1ccc(N2C(C/C=C\CCCS(=O)(=O)OC)CCS2(=O)=O)cc1. The zero-order valence-corrected chi connectivity index (χ0v) is 20.1. The molecule has 0 amide bonds. The maximum atomic E-state index is 12.6. The van der Waals surface area contributed by atoms with Crippen LogP contribution in [0.15, 0.2) is 36.4 Å². The first-order chi connectivity index (χ1) is 14.7. The topological polar surface area (TPSA) is 101 Å². The Morgan fingerprint density at radius 1 is 1.19 bits per heavy atom. The Kier molecular flexibility index (Phi) is 9.99. The molecule has 0 saturated carbocycles. The fourth-order valence-electron chi connectivity index (χ4n) is 3.74. The highest BCUT2D eigenvalue weighted by atomic mass is 32.2. The van der Waals surface area contributed by atoms with Gasteiger partial charge in [-0.05, 0) is 49.8 Å². The van der Waals surface area contributed by atoms with Gasteiger partial charge in [0.25, 0.3) is 10.1 Å². The first-order valence-corrected chi connectivity index (χ1v) is 14.1. The molecule has 9 heteroatoms. The number of anilines is 1. The van der Waals surface area contributed by atoms with Crippen LogP contribution in [0.1, 0.15) is 70.0 Å². The summed E-state index contributed by atoms with van der Waals surface area (Å²) in [5.41, 5.74) is 1.42. The molecule has 1 N–H and O–H groups in total. The summed E-state index contributed by atoms with van der Waals surface area (Å²) in [6.07, 6.45) is 9.29. The van der Waals surface area contributed by atoms with Crippen molar-refractivity contribution in [3.63, 3.8) is 0 Å². The third-order valence-electron chi connectivity index (χ3n) is 5.55. The Balaban J connectivity index is 1.97. The smallest absolute Gasteiger partial charge is 0.267 e. The van der Waals surface area contributed by atoms with Crippen molar-refractivity contribution in [3.05, 3.63) is 42.0 Å². The number of allylic oxidation sites excluding steroid dienone is 1. The molecule has 0 bridgehead atoms. The minimum atomic E-state index is -3.44. The lowest BCUT2D eigenvalue weighted by atomic mass is 10.0. The zero-order valence-electron chi connectivity index (χ0n) is 18.4. The summed E-state index contributed by atoms with van der Waals surface area (Å²) in [7, 11) is -5.65. The molecule has 2 rings (SSSR count). The van der Waals surface area contributed by atoms with E-state index >= 15 is 0 Å². The van der Waals surface area contributed by atoms with Crippen molar-refractivity contribution >= 4 is 25.8 Å². The van der Waals surface area contributed by atoms with Crippen LogP contribution in [0, 0.1) is 0 Å². The normalized spacial score (nSPS) is 19.8. The van der Waals surface area contributed by atoms with Crippen molar-refractivity contribution in [2.75, 3.05) is 22.9 Å². The highest BCUT2D eigenvalue weighted by molar-refractivity contribution is 7.93. The molecule has 1 heterocycles. The van der Waals surface area contributed by atoms with Crippen LogP contribution in [0.5, 0.6) is 0 Å². The number of hydrogen-bond acceptors (Lipinski definition) is 6. The Hall–Kier alpha value is -1.42. The zero-order chi connectivity index (χ0) is 22.9. The van der Waals surface area contributed by atoms with Gasteiger partial charge in [-0.3, -0.25) is 8.49 Å². The predicted molar refractivity (Wildman–Crippen MR) is 124 cm³/mol. The van der Waals surface area contributed by atoms with Gasteiger partial charge in [-0.15, -0.1) is 0 Å². The van der Waals surface area contributed by atoms with E-state index in [-0.39, 0.29) is 17.5 Å². The van der Waals surface area contributed by atoms with E-state index in [2.05, 4.69) is 11.1 Å². The van der Waals surface area contributed by atoms with Gasteiger partial charge in [-0.25, -0.2) is 8.42 Å². The van der Waals surface area contributed by atoms with Gasteiger partial charge in [-0.2, -0.15) is 8.42 Å². The van der Waals surface area contributed by atoms with Gasteiger partial charge in [0.1, 0.15) is 0 Å². The molecule has 2 atom stereocenters. The molecule has 1 aliphatic heterocycles. The standard InChI is InChI=1S/C22H35NO6S2/c1-3-4-7-11-22(24)19-12-14-21(15-13-19)23-20(16-18-30(23,25)26)10-8-5-6-9-17-31(27,28)29-2/h5,8,12-15,20,22,24H,3-4,6-7,9-11,16-18H2,1-2H3/b8-5-. The molecule has 2 unspecified atom stereocenters. The first kappa shape index (κ1) is 25.8. The lowest BCUT2D eigenvalue weighted by Gasteiger charge is -2.25. The minimum absolute atomic E-state index is 0.0333. The monoisotopic (exact) mass is 473 g/mol. The molecule has 0 aliphatic carbocycles. The van der Waals surface area contributed by atoms with Crippen LogP contribution in [0.4, 0.5) is 5.69 Å². The maximum Gasteiger partial charge on any atom is 0.267 e. The van der Waals surface area contributed by atoms with Crippen LogP contribution in [-0.2, 0) is 24.3 Å². The van der Waals surface area contributed by atoms with Crippen LogP contribution in [0.3, 0.4) is 0 Å². The van der Waals surface area contributed by atoms with Crippen molar-refractivity contribution in [2.45, 2.75) is 70.4 Å². The van der Waals surface area contributed by atoms with E-state index in [1.54, 1.807) is 12.1 Å². The van der Waals surface area contributed by atoms with Gasteiger partial charge in [0.05, 0.1) is 30.4 Å². The third-order valence-corrected chi connectivity index (χ3v) is 8.70. The number of hydrogen-bond donors (Lipinski definition) is 1.